The third-order valence-electron chi connectivity index (χ3n) is 4.99. The molecule has 35 heavy (non-hydrogen) atoms. The van der Waals surface area contributed by atoms with E-state index in [1.165, 1.54) is 32.0 Å². The number of carboxylic acids is 1. The number of primary amides is 1. The van der Waals surface area contributed by atoms with Crippen LogP contribution in [0.2, 0.25) is 0 Å². The van der Waals surface area contributed by atoms with Crippen LogP contribution in [0.4, 0.5) is 0 Å². The third kappa shape index (κ3) is 8.88. The molecule has 0 aromatic carbocycles. The number of imidazole rings is 2. The smallest absolute Gasteiger partial charge is 0.326 e. The highest BCUT2D eigenvalue weighted by Crippen LogP contribution is 2.04. The Morgan fingerprint density at radius 2 is 1.49 bits per heavy atom. The molecule has 0 aliphatic rings. The van der Waals surface area contributed by atoms with E-state index in [1.54, 1.807) is 0 Å². The van der Waals surface area contributed by atoms with Crippen molar-refractivity contribution < 1.29 is 29.1 Å². The summed E-state index contributed by atoms with van der Waals surface area (Å²) >= 11 is 0. The van der Waals surface area contributed by atoms with Gasteiger partial charge in [-0.25, -0.2) is 14.8 Å². The first-order valence-electron chi connectivity index (χ1n) is 10.7. The molecule has 4 amide bonds. The van der Waals surface area contributed by atoms with E-state index >= 15 is 0 Å². The minimum atomic E-state index is -1.39. The summed E-state index contributed by atoms with van der Waals surface area (Å²) in [6.45, 7) is 1.41. The van der Waals surface area contributed by atoms with Gasteiger partial charge in [-0.05, 0) is 13.3 Å². The van der Waals surface area contributed by atoms with Crippen LogP contribution in [0.15, 0.2) is 25.0 Å². The molecule has 2 heterocycles. The molecule has 2 aromatic heterocycles. The van der Waals surface area contributed by atoms with Crippen molar-refractivity contribution in [2.45, 2.75) is 56.8 Å². The number of hydrogen-bond donors (Lipinski definition) is 8. The second-order valence-electron chi connectivity index (χ2n) is 7.86. The summed E-state index contributed by atoms with van der Waals surface area (Å²) in [6, 6.07) is -4.61. The Labute approximate surface area is 199 Å². The van der Waals surface area contributed by atoms with Crippen molar-refractivity contribution in [3.63, 3.8) is 0 Å². The van der Waals surface area contributed by atoms with Crippen molar-refractivity contribution in [1.29, 1.82) is 0 Å². The lowest BCUT2D eigenvalue weighted by molar-refractivity contribution is -0.142. The van der Waals surface area contributed by atoms with E-state index in [9.17, 15) is 29.1 Å². The van der Waals surface area contributed by atoms with Crippen molar-refractivity contribution in [1.82, 2.24) is 35.9 Å². The van der Waals surface area contributed by atoms with Gasteiger partial charge in [0.15, 0.2) is 0 Å². The van der Waals surface area contributed by atoms with Crippen LogP contribution in [0, 0.1) is 0 Å². The molecule has 10 N–H and O–H groups in total. The number of carbonyl (C=O) groups is 5. The number of carboxylic acid groups (broad SMARTS) is 1. The van der Waals surface area contributed by atoms with Gasteiger partial charge < -0.3 is 42.5 Å². The molecular weight excluding hydrogens is 462 g/mol. The van der Waals surface area contributed by atoms with Crippen LogP contribution in [-0.2, 0) is 36.8 Å². The highest BCUT2D eigenvalue weighted by Gasteiger charge is 2.29. The summed E-state index contributed by atoms with van der Waals surface area (Å²) in [5.41, 5.74) is 12.1. The van der Waals surface area contributed by atoms with E-state index in [2.05, 4.69) is 35.9 Å². The second-order valence-corrected chi connectivity index (χ2v) is 7.86. The van der Waals surface area contributed by atoms with E-state index in [4.69, 9.17) is 11.5 Å². The van der Waals surface area contributed by atoms with E-state index in [-0.39, 0.29) is 25.7 Å². The lowest BCUT2D eigenvalue weighted by Gasteiger charge is -2.23. The molecule has 2 rings (SSSR count). The van der Waals surface area contributed by atoms with Gasteiger partial charge in [-0.2, -0.15) is 0 Å². The fourth-order valence-corrected chi connectivity index (χ4v) is 3.05. The fraction of sp³-hybridized carbons (Fsp3) is 0.450. The van der Waals surface area contributed by atoms with Gasteiger partial charge in [0.25, 0.3) is 0 Å². The molecule has 0 spiro atoms. The zero-order chi connectivity index (χ0) is 26.0. The molecule has 0 aliphatic heterocycles. The Morgan fingerprint density at radius 3 is 2.00 bits per heavy atom. The Bertz CT molecular complexity index is 1010. The summed E-state index contributed by atoms with van der Waals surface area (Å²) in [7, 11) is 0. The molecule has 0 aliphatic carbocycles. The molecule has 0 fully saturated rings. The average molecular weight is 492 g/mol. The molecule has 0 saturated heterocycles. The Balaban J connectivity index is 2.02. The number of aromatic amines is 2. The highest BCUT2D eigenvalue weighted by atomic mass is 16.4. The number of aromatic nitrogens is 4. The average Bonchev–Trinajstić information content (AvgIpc) is 3.49. The predicted octanol–water partition coefficient (Wildman–Crippen LogP) is -2.93. The Morgan fingerprint density at radius 1 is 0.914 bits per heavy atom. The molecule has 0 saturated carbocycles. The van der Waals surface area contributed by atoms with Gasteiger partial charge in [0.2, 0.25) is 23.6 Å². The summed E-state index contributed by atoms with van der Waals surface area (Å²) in [5, 5.41) is 16.6. The van der Waals surface area contributed by atoms with Crippen LogP contribution < -0.4 is 27.4 Å². The SMILES string of the molecule is CC(NC(=O)C(N)Cc1cnc[nH]1)C(=O)NC(Cc1cnc[nH]1)C(=O)NC(CCC(N)=O)C(=O)O. The molecule has 4 unspecified atom stereocenters. The maximum atomic E-state index is 12.8. The fourth-order valence-electron chi connectivity index (χ4n) is 3.05. The van der Waals surface area contributed by atoms with Crippen LogP contribution in [0.1, 0.15) is 31.2 Å². The minimum absolute atomic E-state index is 0.0419. The normalized spacial score (nSPS) is 14.2. The molecule has 0 bridgehead atoms. The number of carbonyl (C=O) groups excluding carboxylic acids is 4. The number of H-pyrrole nitrogens is 2. The van der Waals surface area contributed by atoms with Crippen LogP contribution in [0.3, 0.4) is 0 Å². The first kappa shape index (κ1) is 27.0. The van der Waals surface area contributed by atoms with Gasteiger partial charge in [-0.1, -0.05) is 0 Å². The van der Waals surface area contributed by atoms with Gasteiger partial charge in [0.1, 0.15) is 18.1 Å². The van der Waals surface area contributed by atoms with E-state index in [1.807, 2.05) is 0 Å². The number of nitrogens with one attached hydrogen (secondary N) is 5. The monoisotopic (exact) mass is 491 g/mol. The van der Waals surface area contributed by atoms with Crippen molar-refractivity contribution in [2.24, 2.45) is 11.5 Å². The Kier molecular flexibility index (Phi) is 9.89. The number of amides is 4. The number of hydrogen-bond acceptors (Lipinski definition) is 8. The van der Waals surface area contributed by atoms with Crippen LogP contribution in [-0.4, -0.2) is 78.8 Å². The first-order valence-corrected chi connectivity index (χ1v) is 10.7. The standard InChI is InChI=1S/C20H29N9O6/c1-10(27-18(32)13(21)4-11-6-23-8-25-11)17(31)29-15(5-12-7-24-9-26-12)19(33)28-14(20(34)35)2-3-16(22)30/h6-10,13-15H,2-5,21H2,1H3,(H2,22,30)(H,23,25)(H,24,26)(H,27,32)(H,28,33)(H,29,31)(H,34,35). The number of aliphatic carboxylic acids is 1. The molecule has 0 radical (unpaired) electrons. The van der Waals surface area contributed by atoms with Crippen LogP contribution in [0.25, 0.3) is 0 Å². The predicted molar refractivity (Wildman–Crippen MR) is 120 cm³/mol. The van der Waals surface area contributed by atoms with E-state index < -0.39 is 53.8 Å². The Hall–Kier alpha value is -4.27. The zero-order valence-corrected chi connectivity index (χ0v) is 19.0. The zero-order valence-electron chi connectivity index (χ0n) is 19.0. The van der Waals surface area contributed by atoms with Crippen LogP contribution in [0.5, 0.6) is 0 Å². The summed E-state index contributed by atoms with van der Waals surface area (Å²) < 4.78 is 0. The molecule has 4 atom stereocenters. The largest absolute Gasteiger partial charge is 0.480 e. The number of nitrogens with zero attached hydrogens (tertiary/aromatic N) is 2. The molecule has 2 aromatic rings. The quantitative estimate of drug-likeness (QED) is 0.134. The van der Waals surface area contributed by atoms with Crippen molar-refractivity contribution in [2.75, 3.05) is 0 Å². The topological polar surface area (TPSA) is 251 Å². The van der Waals surface area contributed by atoms with E-state index in [0.717, 1.165) is 0 Å². The number of rotatable bonds is 14. The van der Waals surface area contributed by atoms with E-state index in [0.29, 0.717) is 11.4 Å². The molecule has 190 valence electrons. The molecule has 15 nitrogen and oxygen atoms in total. The van der Waals surface area contributed by atoms with Gasteiger partial charge in [-0.3, -0.25) is 19.2 Å². The van der Waals surface area contributed by atoms with Crippen molar-refractivity contribution >= 4 is 29.6 Å². The maximum Gasteiger partial charge on any atom is 0.326 e. The summed E-state index contributed by atoms with van der Waals surface area (Å²) in [6.07, 6.45) is 5.45. The minimum Gasteiger partial charge on any atom is -0.480 e. The number of nitrogens with two attached hydrogens (primary N) is 2. The van der Waals surface area contributed by atoms with Crippen molar-refractivity contribution in [3.8, 4) is 0 Å². The lowest BCUT2D eigenvalue weighted by Crippen LogP contribution is -2.57. The summed E-state index contributed by atoms with van der Waals surface area (Å²) in [5.74, 6) is -4.18. The molecular formula is C20H29N9O6. The van der Waals surface area contributed by atoms with Gasteiger partial charge in [0, 0.05) is 43.0 Å². The van der Waals surface area contributed by atoms with Gasteiger partial charge in [0.05, 0.1) is 18.7 Å². The first-order chi connectivity index (χ1) is 16.6. The lowest BCUT2D eigenvalue weighted by atomic mass is 10.1. The van der Waals surface area contributed by atoms with Gasteiger partial charge in [-0.15, -0.1) is 0 Å². The van der Waals surface area contributed by atoms with Gasteiger partial charge >= 0.3 is 5.97 Å². The third-order valence-corrected chi connectivity index (χ3v) is 4.99. The van der Waals surface area contributed by atoms with Crippen LogP contribution >= 0.6 is 0 Å². The second kappa shape index (κ2) is 12.8. The molecule has 15 heteroatoms. The maximum absolute atomic E-state index is 12.8. The highest BCUT2D eigenvalue weighted by molar-refractivity contribution is 5.94. The van der Waals surface area contributed by atoms with Crippen molar-refractivity contribution in [3.05, 3.63) is 36.4 Å². The summed E-state index contributed by atoms with van der Waals surface area (Å²) in [4.78, 5) is 73.7.